The largest absolute Gasteiger partial charge is 0.477 e. The molecule has 1 heterocycles. The van der Waals surface area contributed by atoms with E-state index in [0.29, 0.717) is 0 Å². The van der Waals surface area contributed by atoms with E-state index >= 15 is 0 Å². The molecule has 1 aromatic rings. The number of carboxylic acid groups (broad SMARTS) is 1. The summed E-state index contributed by atoms with van der Waals surface area (Å²) < 4.78 is 23.6. The molecule has 2 N–H and O–H groups in total. The van der Waals surface area contributed by atoms with Crippen LogP contribution in [0.15, 0.2) is 18.2 Å². The molecule has 0 bridgehead atoms. The zero-order valence-corrected chi connectivity index (χ0v) is 8.08. The zero-order valence-electron chi connectivity index (χ0n) is 7.26. The summed E-state index contributed by atoms with van der Waals surface area (Å²) in [7, 11) is -3.43. The minimum absolute atomic E-state index is 0.00704. The Morgan fingerprint density at radius 2 is 2.14 bits per heavy atom. The molecule has 0 saturated heterocycles. The number of carboxylic acids is 1. The summed E-state index contributed by atoms with van der Waals surface area (Å²) in [5.41, 5.74) is -0.210. The van der Waals surface area contributed by atoms with Crippen LogP contribution in [0.3, 0.4) is 0 Å². The summed E-state index contributed by atoms with van der Waals surface area (Å²) in [5, 5.41) is 8.57. The van der Waals surface area contributed by atoms with Crippen LogP contribution in [0.5, 0.6) is 0 Å². The highest BCUT2D eigenvalue weighted by atomic mass is 32.2. The molecular weight excluding hydrogens is 208 g/mol. The van der Waals surface area contributed by atoms with Crippen molar-refractivity contribution >= 4 is 21.8 Å². The predicted octanol–water partition coefficient (Wildman–Crippen LogP) is 0.151. The third-order valence-corrected chi connectivity index (χ3v) is 1.84. The first-order chi connectivity index (χ1) is 6.38. The lowest BCUT2D eigenvalue weighted by Gasteiger charge is -2.02. The normalized spacial score (nSPS) is 10.9. The summed E-state index contributed by atoms with van der Waals surface area (Å²) in [5.74, 6) is -1.21. The van der Waals surface area contributed by atoms with E-state index in [1.807, 2.05) is 0 Å². The lowest BCUT2D eigenvalue weighted by atomic mass is 10.3. The molecule has 0 aliphatic carbocycles. The van der Waals surface area contributed by atoms with E-state index in [1.54, 1.807) is 0 Å². The van der Waals surface area contributed by atoms with Crippen LogP contribution in [0.2, 0.25) is 0 Å². The number of nitrogens with zero attached hydrogens (tertiary/aromatic N) is 1. The van der Waals surface area contributed by atoms with E-state index < -0.39 is 16.0 Å². The minimum Gasteiger partial charge on any atom is -0.477 e. The predicted molar refractivity (Wildman–Crippen MR) is 49.7 cm³/mol. The van der Waals surface area contributed by atoms with Gasteiger partial charge in [0.2, 0.25) is 10.0 Å². The molecule has 0 unspecified atom stereocenters. The number of aromatic carboxylic acids is 1. The fourth-order valence-electron chi connectivity index (χ4n) is 0.801. The number of hydrogen-bond donors (Lipinski definition) is 2. The van der Waals surface area contributed by atoms with E-state index in [-0.39, 0.29) is 11.5 Å². The van der Waals surface area contributed by atoms with Crippen molar-refractivity contribution < 1.29 is 18.3 Å². The van der Waals surface area contributed by atoms with Gasteiger partial charge in [-0.1, -0.05) is 6.07 Å². The second-order valence-corrected chi connectivity index (χ2v) is 4.34. The molecule has 1 rings (SSSR count). The molecule has 1 aromatic heterocycles. The van der Waals surface area contributed by atoms with Crippen molar-refractivity contribution in [3.8, 4) is 0 Å². The highest BCUT2D eigenvalue weighted by molar-refractivity contribution is 7.92. The quantitative estimate of drug-likeness (QED) is 0.749. The molecule has 0 fully saturated rings. The summed E-state index contributed by atoms with van der Waals surface area (Å²) in [4.78, 5) is 14.0. The minimum atomic E-state index is -3.43. The Morgan fingerprint density at radius 3 is 2.64 bits per heavy atom. The van der Waals surface area contributed by atoms with Crippen LogP contribution in [-0.2, 0) is 10.0 Å². The molecule has 76 valence electrons. The molecule has 0 aliphatic rings. The average molecular weight is 216 g/mol. The van der Waals surface area contributed by atoms with Gasteiger partial charge in [0.25, 0.3) is 0 Å². The molecule has 0 aliphatic heterocycles. The Bertz CT molecular complexity index is 455. The lowest BCUT2D eigenvalue weighted by molar-refractivity contribution is 0.0690. The van der Waals surface area contributed by atoms with Crippen molar-refractivity contribution in [2.75, 3.05) is 11.0 Å². The van der Waals surface area contributed by atoms with Gasteiger partial charge < -0.3 is 5.11 Å². The van der Waals surface area contributed by atoms with Gasteiger partial charge in [-0.3, -0.25) is 4.72 Å². The lowest BCUT2D eigenvalue weighted by Crippen LogP contribution is -2.12. The van der Waals surface area contributed by atoms with Gasteiger partial charge in [-0.15, -0.1) is 0 Å². The van der Waals surface area contributed by atoms with Crippen LogP contribution in [0.1, 0.15) is 10.5 Å². The Hall–Kier alpha value is -1.63. The van der Waals surface area contributed by atoms with Gasteiger partial charge in [0.05, 0.1) is 6.26 Å². The maximum absolute atomic E-state index is 10.8. The van der Waals surface area contributed by atoms with Gasteiger partial charge in [0.15, 0.2) is 5.69 Å². The number of hydrogen-bond acceptors (Lipinski definition) is 4. The van der Waals surface area contributed by atoms with Crippen LogP contribution >= 0.6 is 0 Å². The summed E-state index contributed by atoms with van der Waals surface area (Å²) in [6, 6.07) is 4.05. The molecule has 7 heteroatoms. The maximum atomic E-state index is 10.8. The van der Waals surface area contributed by atoms with Gasteiger partial charge in [-0.25, -0.2) is 18.2 Å². The number of carbonyl (C=O) groups is 1. The van der Waals surface area contributed by atoms with Crippen molar-refractivity contribution in [1.29, 1.82) is 0 Å². The first kappa shape index (κ1) is 10.5. The van der Waals surface area contributed by atoms with Crippen LogP contribution in [-0.4, -0.2) is 30.7 Å². The van der Waals surface area contributed by atoms with E-state index in [4.69, 9.17) is 5.11 Å². The Kier molecular flexibility index (Phi) is 2.70. The SMILES string of the molecule is CS(=O)(=O)Nc1cccc(C(=O)O)n1. The summed E-state index contributed by atoms with van der Waals surface area (Å²) in [6.45, 7) is 0. The van der Waals surface area contributed by atoms with Crippen LogP contribution in [0.4, 0.5) is 5.82 Å². The fourth-order valence-corrected chi connectivity index (χ4v) is 1.29. The second-order valence-electron chi connectivity index (χ2n) is 2.59. The van der Waals surface area contributed by atoms with Crippen molar-refractivity contribution in [3.05, 3.63) is 23.9 Å². The van der Waals surface area contributed by atoms with E-state index in [9.17, 15) is 13.2 Å². The smallest absolute Gasteiger partial charge is 0.354 e. The Morgan fingerprint density at radius 1 is 1.50 bits per heavy atom. The maximum Gasteiger partial charge on any atom is 0.354 e. The Balaban J connectivity index is 3.01. The number of sulfonamides is 1. The monoisotopic (exact) mass is 216 g/mol. The van der Waals surface area contributed by atoms with Gasteiger partial charge in [-0.05, 0) is 12.1 Å². The van der Waals surface area contributed by atoms with E-state index in [1.165, 1.54) is 18.2 Å². The third kappa shape index (κ3) is 3.02. The highest BCUT2D eigenvalue weighted by Crippen LogP contribution is 2.05. The molecular formula is C7H8N2O4S. The van der Waals surface area contributed by atoms with Crippen LogP contribution < -0.4 is 4.72 Å². The van der Waals surface area contributed by atoms with Crippen molar-refractivity contribution in [2.45, 2.75) is 0 Å². The van der Waals surface area contributed by atoms with E-state index in [2.05, 4.69) is 9.71 Å². The average Bonchev–Trinajstić information content (AvgIpc) is 2.01. The topological polar surface area (TPSA) is 96.4 Å². The zero-order chi connectivity index (χ0) is 10.8. The van der Waals surface area contributed by atoms with Crippen molar-refractivity contribution in [2.24, 2.45) is 0 Å². The van der Waals surface area contributed by atoms with Gasteiger partial charge in [0, 0.05) is 0 Å². The van der Waals surface area contributed by atoms with Crippen molar-refractivity contribution in [1.82, 2.24) is 4.98 Å². The van der Waals surface area contributed by atoms with Crippen LogP contribution in [0.25, 0.3) is 0 Å². The fraction of sp³-hybridized carbons (Fsp3) is 0.143. The highest BCUT2D eigenvalue weighted by Gasteiger charge is 2.07. The van der Waals surface area contributed by atoms with Gasteiger partial charge >= 0.3 is 5.97 Å². The number of pyridine rings is 1. The molecule has 0 saturated carbocycles. The van der Waals surface area contributed by atoms with E-state index in [0.717, 1.165) is 6.26 Å². The Labute approximate surface area is 80.6 Å². The standard InChI is InChI=1S/C7H8N2O4S/c1-14(12,13)9-6-4-2-3-5(8-6)7(10)11/h2-4H,1H3,(H,8,9)(H,10,11). The number of anilines is 1. The molecule has 0 aromatic carbocycles. The molecule has 0 spiro atoms. The molecule has 0 atom stereocenters. The summed E-state index contributed by atoms with van der Waals surface area (Å²) in [6.07, 6.45) is 0.960. The van der Waals surface area contributed by atoms with Gasteiger partial charge in [0.1, 0.15) is 5.82 Å². The van der Waals surface area contributed by atoms with Gasteiger partial charge in [-0.2, -0.15) is 0 Å². The first-order valence-corrected chi connectivity index (χ1v) is 5.46. The third-order valence-electron chi connectivity index (χ3n) is 1.26. The molecule has 0 radical (unpaired) electrons. The molecule has 0 amide bonds. The molecule has 14 heavy (non-hydrogen) atoms. The first-order valence-electron chi connectivity index (χ1n) is 3.56. The van der Waals surface area contributed by atoms with Crippen molar-refractivity contribution in [3.63, 3.8) is 0 Å². The number of aromatic nitrogens is 1. The second kappa shape index (κ2) is 3.62. The number of nitrogens with one attached hydrogen (secondary N) is 1. The number of rotatable bonds is 3. The van der Waals surface area contributed by atoms with Crippen LogP contribution in [0, 0.1) is 0 Å². The molecule has 6 nitrogen and oxygen atoms in total. The summed E-state index contributed by atoms with van der Waals surface area (Å²) >= 11 is 0.